The Labute approximate surface area is 157 Å². The van der Waals surface area contributed by atoms with Gasteiger partial charge in [-0.05, 0) is 25.8 Å². The quantitative estimate of drug-likeness (QED) is 0.792. The first-order valence-electron chi connectivity index (χ1n) is 9.40. The van der Waals surface area contributed by atoms with Crippen molar-refractivity contribution < 1.29 is 9.59 Å². The Morgan fingerprint density at radius 3 is 2.74 bits per heavy atom. The van der Waals surface area contributed by atoms with Crippen LogP contribution in [0.4, 0.5) is 5.82 Å². The molecule has 1 saturated carbocycles. The molecule has 1 aliphatic carbocycles. The second-order valence-electron chi connectivity index (χ2n) is 7.38. The van der Waals surface area contributed by atoms with Gasteiger partial charge in [0.1, 0.15) is 12.4 Å². The first-order valence-corrected chi connectivity index (χ1v) is 9.40. The third kappa shape index (κ3) is 3.67. The Bertz CT molecular complexity index is 865. The number of nitrogens with one attached hydrogen (secondary N) is 1. The zero-order valence-electron chi connectivity index (χ0n) is 15.5. The standard InChI is InChI=1S/C18H25N7O2/c1-12-7-16(19)25(21-12)11-17(26)20-9-14-8-15-10-23(5-6-24(15)22-14)18(27)13-3-2-4-13/h7-8,13H,2-6,9-11,19H2,1H3,(H,20,26). The molecule has 1 fully saturated rings. The molecular formula is C18H25N7O2. The topological polar surface area (TPSA) is 111 Å². The molecule has 144 valence electrons. The molecule has 0 atom stereocenters. The Balaban J connectivity index is 1.32. The number of aryl methyl sites for hydroxylation is 1. The number of nitrogens with zero attached hydrogens (tertiary/aromatic N) is 5. The van der Waals surface area contributed by atoms with Gasteiger partial charge in [0.2, 0.25) is 11.8 Å². The number of hydrogen-bond acceptors (Lipinski definition) is 5. The summed E-state index contributed by atoms with van der Waals surface area (Å²) in [5.41, 5.74) is 8.40. The highest BCUT2D eigenvalue weighted by Gasteiger charge is 2.31. The largest absolute Gasteiger partial charge is 0.384 e. The third-order valence-corrected chi connectivity index (χ3v) is 5.31. The molecule has 0 bridgehead atoms. The van der Waals surface area contributed by atoms with Gasteiger partial charge in [0, 0.05) is 18.5 Å². The average Bonchev–Trinajstić information content (AvgIpc) is 3.13. The fourth-order valence-corrected chi connectivity index (χ4v) is 3.59. The number of anilines is 1. The van der Waals surface area contributed by atoms with Gasteiger partial charge in [-0.1, -0.05) is 6.42 Å². The van der Waals surface area contributed by atoms with Crippen molar-refractivity contribution in [1.29, 1.82) is 0 Å². The van der Waals surface area contributed by atoms with Crippen LogP contribution in [-0.4, -0.2) is 42.8 Å². The number of carbonyl (C=O) groups excluding carboxylic acids is 2. The fraction of sp³-hybridized carbons (Fsp3) is 0.556. The number of rotatable bonds is 5. The van der Waals surface area contributed by atoms with Crippen LogP contribution in [-0.2, 0) is 35.8 Å². The molecule has 3 N–H and O–H groups in total. The Kier molecular flexibility index (Phi) is 4.59. The lowest BCUT2D eigenvalue weighted by molar-refractivity contribution is -0.139. The van der Waals surface area contributed by atoms with Gasteiger partial charge in [-0.15, -0.1) is 0 Å². The number of hydrogen-bond donors (Lipinski definition) is 2. The molecule has 4 rings (SSSR count). The van der Waals surface area contributed by atoms with E-state index >= 15 is 0 Å². The third-order valence-electron chi connectivity index (χ3n) is 5.31. The van der Waals surface area contributed by atoms with Crippen LogP contribution >= 0.6 is 0 Å². The molecular weight excluding hydrogens is 346 g/mol. The second kappa shape index (κ2) is 7.05. The lowest BCUT2D eigenvalue weighted by Crippen LogP contribution is -2.43. The maximum atomic E-state index is 12.4. The van der Waals surface area contributed by atoms with Crippen LogP contribution in [0.2, 0.25) is 0 Å². The molecule has 0 radical (unpaired) electrons. The number of carbonyl (C=O) groups is 2. The first-order chi connectivity index (χ1) is 13.0. The molecule has 0 saturated heterocycles. The summed E-state index contributed by atoms with van der Waals surface area (Å²) in [6, 6.07) is 3.69. The fourth-order valence-electron chi connectivity index (χ4n) is 3.59. The van der Waals surface area contributed by atoms with E-state index in [2.05, 4.69) is 15.5 Å². The van der Waals surface area contributed by atoms with E-state index in [1.54, 1.807) is 6.07 Å². The number of amides is 2. The molecule has 0 aromatic carbocycles. The van der Waals surface area contributed by atoms with Gasteiger partial charge in [-0.3, -0.25) is 14.3 Å². The number of fused-ring (bicyclic) bond motifs is 1. The monoisotopic (exact) mass is 371 g/mol. The Morgan fingerprint density at radius 2 is 2.07 bits per heavy atom. The average molecular weight is 371 g/mol. The Hall–Kier alpha value is -2.84. The van der Waals surface area contributed by atoms with Crippen molar-refractivity contribution in [2.75, 3.05) is 12.3 Å². The van der Waals surface area contributed by atoms with Crippen LogP contribution in [0.3, 0.4) is 0 Å². The second-order valence-corrected chi connectivity index (χ2v) is 7.38. The molecule has 9 nitrogen and oxygen atoms in total. The molecule has 9 heteroatoms. The zero-order chi connectivity index (χ0) is 19.0. The van der Waals surface area contributed by atoms with Gasteiger partial charge in [0.05, 0.1) is 36.7 Å². The molecule has 27 heavy (non-hydrogen) atoms. The maximum Gasteiger partial charge on any atom is 0.242 e. The predicted octanol–water partition coefficient (Wildman–Crippen LogP) is 0.429. The van der Waals surface area contributed by atoms with Crippen LogP contribution < -0.4 is 11.1 Å². The summed E-state index contributed by atoms with van der Waals surface area (Å²) in [6.07, 6.45) is 3.20. The van der Waals surface area contributed by atoms with Gasteiger partial charge in [-0.25, -0.2) is 4.68 Å². The van der Waals surface area contributed by atoms with Crippen molar-refractivity contribution >= 4 is 17.6 Å². The van der Waals surface area contributed by atoms with E-state index in [0.717, 1.165) is 36.3 Å². The smallest absolute Gasteiger partial charge is 0.242 e. The summed E-state index contributed by atoms with van der Waals surface area (Å²) in [5.74, 6) is 0.793. The minimum absolute atomic E-state index is 0.0803. The molecule has 0 spiro atoms. The van der Waals surface area contributed by atoms with Crippen molar-refractivity contribution in [3.8, 4) is 0 Å². The van der Waals surface area contributed by atoms with Gasteiger partial charge in [0.25, 0.3) is 0 Å². The summed E-state index contributed by atoms with van der Waals surface area (Å²) < 4.78 is 3.41. The van der Waals surface area contributed by atoms with Gasteiger partial charge in [0.15, 0.2) is 0 Å². The number of nitrogens with two attached hydrogens (primary N) is 1. The maximum absolute atomic E-state index is 12.4. The molecule has 0 unspecified atom stereocenters. The lowest BCUT2D eigenvalue weighted by atomic mass is 9.84. The predicted molar refractivity (Wildman–Crippen MR) is 98.2 cm³/mol. The van der Waals surface area contributed by atoms with E-state index in [1.165, 1.54) is 4.68 Å². The zero-order valence-corrected chi connectivity index (χ0v) is 15.5. The summed E-state index contributed by atoms with van der Waals surface area (Å²) >= 11 is 0. The highest BCUT2D eigenvalue weighted by Crippen LogP contribution is 2.29. The summed E-state index contributed by atoms with van der Waals surface area (Å²) in [4.78, 5) is 26.5. The summed E-state index contributed by atoms with van der Waals surface area (Å²) in [7, 11) is 0. The van der Waals surface area contributed by atoms with Crippen molar-refractivity contribution in [2.24, 2.45) is 5.92 Å². The van der Waals surface area contributed by atoms with Crippen molar-refractivity contribution in [2.45, 2.75) is 52.4 Å². The highest BCUT2D eigenvalue weighted by molar-refractivity contribution is 5.79. The van der Waals surface area contributed by atoms with Crippen LogP contribution in [0.5, 0.6) is 0 Å². The molecule has 2 aliphatic rings. The number of aromatic nitrogens is 4. The van der Waals surface area contributed by atoms with E-state index in [9.17, 15) is 9.59 Å². The SMILES string of the molecule is Cc1cc(N)n(CC(=O)NCc2cc3n(n2)CCN(C(=O)C2CCC2)C3)n1. The molecule has 3 heterocycles. The first kappa shape index (κ1) is 17.6. The van der Waals surface area contributed by atoms with Crippen molar-refractivity contribution in [3.63, 3.8) is 0 Å². The summed E-state index contributed by atoms with van der Waals surface area (Å²) in [6.45, 7) is 4.25. The lowest BCUT2D eigenvalue weighted by Gasteiger charge is -2.34. The normalized spacial score (nSPS) is 16.7. The van der Waals surface area contributed by atoms with Crippen LogP contribution in [0.15, 0.2) is 12.1 Å². The van der Waals surface area contributed by atoms with Crippen molar-refractivity contribution in [1.82, 2.24) is 29.8 Å². The highest BCUT2D eigenvalue weighted by atomic mass is 16.2. The molecule has 1 aliphatic heterocycles. The van der Waals surface area contributed by atoms with E-state index < -0.39 is 0 Å². The van der Waals surface area contributed by atoms with E-state index in [0.29, 0.717) is 32.0 Å². The van der Waals surface area contributed by atoms with Crippen LogP contribution in [0.25, 0.3) is 0 Å². The molecule has 2 aromatic heterocycles. The van der Waals surface area contributed by atoms with Crippen LogP contribution in [0.1, 0.15) is 36.3 Å². The molecule has 2 amide bonds. The van der Waals surface area contributed by atoms with Gasteiger partial charge in [-0.2, -0.15) is 10.2 Å². The van der Waals surface area contributed by atoms with E-state index in [-0.39, 0.29) is 24.3 Å². The Morgan fingerprint density at radius 1 is 1.26 bits per heavy atom. The van der Waals surface area contributed by atoms with Crippen molar-refractivity contribution in [3.05, 3.63) is 29.2 Å². The minimum Gasteiger partial charge on any atom is -0.384 e. The summed E-state index contributed by atoms with van der Waals surface area (Å²) in [5, 5.41) is 11.6. The van der Waals surface area contributed by atoms with E-state index in [4.69, 9.17) is 5.73 Å². The minimum atomic E-state index is -0.169. The van der Waals surface area contributed by atoms with Crippen LogP contribution in [0, 0.1) is 12.8 Å². The van der Waals surface area contributed by atoms with E-state index in [1.807, 2.05) is 22.6 Å². The molecule has 2 aromatic rings. The number of nitrogen functional groups attached to an aromatic ring is 1. The van der Waals surface area contributed by atoms with Gasteiger partial charge >= 0.3 is 0 Å². The van der Waals surface area contributed by atoms with Gasteiger partial charge < -0.3 is 16.0 Å².